The Hall–Kier alpha value is -3.44. The molecule has 0 amide bonds. The first-order valence-corrected chi connectivity index (χ1v) is 12.4. The number of benzene rings is 2. The molecule has 0 bridgehead atoms. The van der Waals surface area contributed by atoms with Gasteiger partial charge in [-0.25, -0.2) is 22.5 Å². The number of H-pyrrole nitrogens is 1. The number of fused-ring (bicyclic) bond motifs is 1. The first kappa shape index (κ1) is 22.4. The highest BCUT2D eigenvalue weighted by Gasteiger charge is 2.31. The molecule has 0 unspecified atom stereocenters. The molecular formula is C23H23FN6O3S. The number of aromatic amines is 1. The van der Waals surface area contributed by atoms with Gasteiger partial charge in [0, 0.05) is 24.6 Å². The van der Waals surface area contributed by atoms with E-state index in [0.29, 0.717) is 37.3 Å². The van der Waals surface area contributed by atoms with Gasteiger partial charge in [0.1, 0.15) is 11.6 Å². The number of sulfonamides is 1. The molecule has 0 radical (unpaired) electrons. The Labute approximate surface area is 195 Å². The number of hydrogen-bond acceptors (Lipinski definition) is 6. The Morgan fingerprint density at radius 3 is 2.50 bits per heavy atom. The summed E-state index contributed by atoms with van der Waals surface area (Å²) >= 11 is 0. The standard InChI is InChI=1S/C23H23FN6O3S/c1-15-6-8-18(9-7-15)34(32,33)29-12-10-16(11-13-29)21-25-22-20(23(31)26-21)27-28-30(22)14-17-4-2-3-5-19(17)24/h2-9,16H,10-14H2,1H3,(H,25,26,31). The van der Waals surface area contributed by atoms with Gasteiger partial charge in [-0.05, 0) is 38.0 Å². The predicted octanol–water partition coefficient (Wildman–Crippen LogP) is 2.58. The number of piperidine rings is 1. The van der Waals surface area contributed by atoms with Gasteiger partial charge in [-0.2, -0.15) is 4.31 Å². The second-order valence-corrected chi connectivity index (χ2v) is 10.4. The second kappa shape index (κ2) is 8.73. The third-order valence-electron chi connectivity index (χ3n) is 6.17. The smallest absolute Gasteiger partial charge is 0.281 e. The van der Waals surface area contributed by atoms with E-state index in [4.69, 9.17) is 0 Å². The van der Waals surface area contributed by atoms with Crippen molar-refractivity contribution >= 4 is 21.2 Å². The lowest BCUT2D eigenvalue weighted by atomic mass is 9.97. The van der Waals surface area contributed by atoms with Gasteiger partial charge < -0.3 is 4.98 Å². The summed E-state index contributed by atoms with van der Waals surface area (Å²) in [6.45, 7) is 2.63. The summed E-state index contributed by atoms with van der Waals surface area (Å²) < 4.78 is 42.9. The molecule has 0 aliphatic carbocycles. The van der Waals surface area contributed by atoms with Gasteiger partial charge in [-0.1, -0.05) is 41.1 Å². The second-order valence-electron chi connectivity index (χ2n) is 8.45. The summed E-state index contributed by atoms with van der Waals surface area (Å²) in [6.07, 6.45) is 1.02. The fourth-order valence-corrected chi connectivity index (χ4v) is 5.67. The van der Waals surface area contributed by atoms with E-state index in [2.05, 4.69) is 20.3 Å². The maximum atomic E-state index is 14.1. The number of rotatable bonds is 5. The molecule has 2 aromatic heterocycles. The normalized spacial score (nSPS) is 15.7. The van der Waals surface area contributed by atoms with Crippen LogP contribution in [0.15, 0.2) is 58.2 Å². The zero-order valence-corrected chi connectivity index (χ0v) is 19.3. The van der Waals surface area contributed by atoms with Crippen molar-refractivity contribution in [2.45, 2.75) is 37.1 Å². The van der Waals surface area contributed by atoms with Crippen LogP contribution in [0, 0.1) is 12.7 Å². The monoisotopic (exact) mass is 482 g/mol. The minimum absolute atomic E-state index is 0.0828. The molecule has 1 N–H and O–H groups in total. The van der Waals surface area contributed by atoms with Crippen LogP contribution in [0.25, 0.3) is 11.2 Å². The van der Waals surface area contributed by atoms with E-state index < -0.39 is 15.6 Å². The third-order valence-corrected chi connectivity index (χ3v) is 8.08. The summed E-state index contributed by atoms with van der Waals surface area (Å²) in [6, 6.07) is 13.1. The Kier molecular flexibility index (Phi) is 5.74. The average Bonchev–Trinajstić information content (AvgIpc) is 3.24. The number of hydrogen-bond donors (Lipinski definition) is 1. The Morgan fingerprint density at radius 2 is 1.79 bits per heavy atom. The highest BCUT2D eigenvalue weighted by Crippen LogP contribution is 2.29. The van der Waals surface area contributed by atoms with E-state index in [1.807, 2.05) is 6.92 Å². The quantitative estimate of drug-likeness (QED) is 0.468. The fraction of sp³-hybridized carbons (Fsp3) is 0.304. The molecule has 2 aromatic carbocycles. The van der Waals surface area contributed by atoms with Crippen molar-refractivity contribution in [3.8, 4) is 0 Å². The number of nitrogens with one attached hydrogen (secondary N) is 1. The maximum absolute atomic E-state index is 14.1. The summed E-state index contributed by atoms with van der Waals surface area (Å²) in [5, 5.41) is 7.90. The van der Waals surface area contributed by atoms with E-state index in [0.717, 1.165) is 5.56 Å². The van der Waals surface area contributed by atoms with Crippen LogP contribution in [0.2, 0.25) is 0 Å². The molecule has 1 aliphatic rings. The SMILES string of the molecule is Cc1ccc(S(=O)(=O)N2CCC(c3nc4c(nnn4Cc4ccccc4F)c(=O)[nH]3)CC2)cc1. The molecule has 0 atom stereocenters. The van der Waals surface area contributed by atoms with Crippen molar-refractivity contribution < 1.29 is 12.8 Å². The van der Waals surface area contributed by atoms with Crippen molar-refractivity contribution in [3.63, 3.8) is 0 Å². The molecule has 0 spiro atoms. The first-order chi connectivity index (χ1) is 16.3. The van der Waals surface area contributed by atoms with Crippen LogP contribution < -0.4 is 5.56 Å². The van der Waals surface area contributed by atoms with Gasteiger partial charge in [0.25, 0.3) is 5.56 Å². The number of aryl methyl sites for hydroxylation is 1. The van der Waals surface area contributed by atoms with Gasteiger partial charge in [0.15, 0.2) is 11.2 Å². The van der Waals surface area contributed by atoms with Crippen LogP contribution in [-0.4, -0.2) is 50.8 Å². The Bertz CT molecular complexity index is 1510. The van der Waals surface area contributed by atoms with Crippen LogP contribution in [0.4, 0.5) is 4.39 Å². The number of nitrogens with zero attached hydrogens (tertiary/aromatic N) is 5. The van der Waals surface area contributed by atoms with E-state index in [1.54, 1.807) is 42.5 Å². The third kappa shape index (κ3) is 4.12. The van der Waals surface area contributed by atoms with Crippen LogP contribution in [0.1, 0.15) is 35.7 Å². The molecular weight excluding hydrogens is 459 g/mol. The fourth-order valence-electron chi connectivity index (χ4n) is 4.20. The minimum atomic E-state index is -3.58. The largest absolute Gasteiger partial charge is 0.308 e. The van der Waals surface area contributed by atoms with Gasteiger partial charge in [0.05, 0.1) is 11.4 Å². The summed E-state index contributed by atoms with van der Waals surface area (Å²) in [5.74, 6) is -0.0429. The predicted molar refractivity (Wildman–Crippen MR) is 123 cm³/mol. The molecule has 9 nitrogen and oxygen atoms in total. The van der Waals surface area contributed by atoms with Crippen LogP contribution >= 0.6 is 0 Å². The van der Waals surface area contributed by atoms with Crippen molar-refractivity contribution in [3.05, 3.63) is 81.7 Å². The van der Waals surface area contributed by atoms with Crippen molar-refractivity contribution in [2.75, 3.05) is 13.1 Å². The Morgan fingerprint density at radius 1 is 1.09 bits per heavy atom. The van der Waals surface area contributed by atoms with E-state index >= 15 is 0 Å². The highest BCUT2D eigenvalue weighted by atomic mass is 32.2. The van der Waals surface area contributed by atoms with Crippen LogP contribution in [0.5, 0.6) is 0 Å². The summed E-state index contributed by atoms with van der Waals surface area (Å²) in [4.78, 5) is 20.3. The molecule has 1 fully saturated rings. The number of halogens is 1. The Balaban J connectivity index is 1.37. The minimum Gasteiger partial charge on any atom is -0.308 e. The lowest BCUT2D eigenvalue weighted by molar-refractivity contribution is 0.313. The van der Waals surface area contributed by atoms with E-state index in [9.17, 15) is 17.6 Å². The summed E-state index contributed by atoms with van der Waals surface area (Å²) in [7, 11) is -3.58. The highest BCUT2D eigenvalue weighted by molar-refractivity contribution is 7.89. The lowest BCUT2D eigenvalue weighted by Crippen LogP contribution is -2.38. The lowest BCUT2D eigenvalue weighted by Gasteiger charge is -2.30. The van der Waals surface area contributed by atoms with Crippen LogP contribution in [-0.2, 0) is 16.6 Å². The zero-order valence-electron chi connectivity index (χ0n) is 18.5. The molecule has 3 heterocycles. The molecule has 5 rings (SSSR count). The average molecular weight is 483 g/mol. The van der Waals surface area contributed by atoms with Gasteiger partial charge in [-0.3, -0.25) is 4.79 Å². The van der Waals surface area contributed by atoms with Gasteiger partial charge in [-0.15, -0.1) is 5.10 Å². The van der Waals surface area contributed by atoms with Crippen molar-refractivity contribution in [1.29, 1.82) is 0 Å². The summed E-state index contributed by atoms with van der Waals surface area (Å²) in [5.41, 5.74) is 1.34. The maximum Gasteiger partial charge on any atom is 0.281 e. The van der Waals surface area contributed by atoms with Crippen molar-refractivity contribution in [2.24, 2.45) is 0 Å². The number of aromatic nitrogens is 5. The van der Waals surface area contributed by atoms with Crippen LogP contribution in [0.3, 0.4) is 0 Å². The molecule has 11 heteroatoms. The molecule has 4 aromatic rings. The van der Waals surface area contributed by atoms with Gasteiger partial charge in [0.2, 0.25) is 10.0 Å². The van der Waals surface area contributed by atoms with Crippen molar-refractivity contribution in [1.82, 2.24) is 29.3 Å². The molecule has 34 heavy (non-hydrogen) atoms. The first-order valence-electron chi connectivity index (χ1n) is 11.0. The topological polar surface area (TPSA) is 114 Å². The molecule has 1 saturated heterocycles. The van der Waals surface area contributed by atoms with Gasteiger partial charge >= 0.3 is 0 Å². The molecule has 176 valence electrons. The molecule has 0 saturated carbocycles. The van der Waals surface area contributed by atoms with E-state index in [1.165, 1.54) is 15.1 Å². The molecule has 1 aliphatic heterocycles. The zero-order chi connectivity index (χ0) is 23.9. The van der Waals surface area contributed by atoms with E-state index in [-0.39, 0.29) is 34.3 Å².